The van der Waals surface area contributed by atoms with Crippen LogP contribution in [0.1, 0.15) is 31.3 Å². The molecule has 0 spiro atoms. The largest absolute Gasteiger partial charge is 0.459 e. The lowest BCUT2D eigenvalue weighted by molar-refractivity contribution is 0.0879. The van der Waals surface area contributed by atoms with Gasteiger partial charge >= 0.3 is 0 Å². The number of fused-ring (bicyclic) bond motifs is 1. The third-order valence-electron chi connectivity index (χ3n) is 4.15. The fraction of sp³-hybridized carbons (Fsp3) is 0. The van der Waals surface area contributed by atoms with Crippen molar-refractivity contribution in [2.24, 2.45) is 0 Å². The maximum atomic E-state index is 12.5. The number of nitrogen functional groups attached to an aromatic ring is 1. The molecule has 2 aromatic heterocycles. The number of pyridine rings is 1. The van der Waals surface area contributed by atoms with Gasteiger partial charge in [0, 0.05) is 6.07 Å². The Hall–Kier alpha value is -3.85. The second-order valence-electron chi connectivity index (χ2n) is 5.87. The van der Waals surface area contributed by atoms with E-state index in [0.717, 1.165) is 10.6 Å². The monoisotopic (exact) mass is 398 g/mol. The molecule has 1 aliphatic rings. The number of carbonyl (C=O) groups is 3. The molecule has 10 heteroatoms. The summed E-state index contributed by atoms with van der Waals surface area (Å²) in [6.07, 6.45) is 1.35. The summed E-state index contributed by atoms with van der Waals surface area (Å²) in [4.78, 5) is 48.4. The van der Waals surface area contributed by atoms with Crippen molar-refractivity contribution in [3.8, 4) is 5.69 Å². The molecule has 0 fully saturated rings. The van der Waals surface area contributed by atoms with Crippen molar-refractivity contribution in [3.05, 3.63) is 74.9 Å². The highest BCUT2D eigenvalue weighted by atomic mass is 35.5. The molecule has 0 saturated carbocycles. The van der Waals surface area contributed by atoms with Gasteiger partial charge in [-0.3, -0.25) is 29.1 Å². The Bertz CT molecular complexity index is 1210. The van der Waals surface area contributed by atoms with E-state index in [1.807, 2.05) is 0 Å². The minimum atomic E-state index is -0.688. The Balaban J connectivity index is 1.80. The maximum Gasteiger partial charge on any atom is 0.291 e. The van der Waals surface area contributed by atoms with Gasteiger partial charge in [0.1, 0.15) is 5.82 Å². The molecular formula is C18H11ClN4O5. The molecule has 0 saturated heterocycles. The van der Waals surface area contributed by atoms with Gasteiger partial charge in [-0.1, -0.05) is 11.6 Å². The Labute approximate surface area is 161 Å². The van der Waals surface area contributed by atoms with Crippen molar-refractivity contribution in [3.63, 3.8) is 0 Å². The van der Waals surface area contributed by atoms with Gasteiger partial charge in [-0.2, -0.15) is 0 Å². The molecule has 4 N–H and O–H groups in total. The first-order chi connectivity index (χ1) is 13.4. The quantitative estimate of drug-likeness (QED) is 0.575. The molecule has 3 aromatic rings. The topological polar surface area (TPSA) is 136 Å². The fourth-order valence-electron chi connectivity index (χ4n) is 2.89. The SMILES string of the molecule is Nc1c2c(cc(=O)n1-c1ccc(Cl)c(NC(=O)c3ccco3)c1)C(=O)NC2=O. The Morgan fingerprint density at radius 1 is 1.14 bits per heavy atom. The van der Waals surface area contributed by atoms with Gasteiger partial charge in [-0.05, 0) is 30.3 Å². The minimum absolute atomic E-state index is 0.0749. The van der Waals surface area contributed by atoms with E-state index in [1.165, 1.54) is 30.5 Å². The minimum Gasteiger partial charge on any atom is -0.459 e. The van der Waals surface area contributed by atoms with E-state index in [0.29, 0.717) is 0 Å². The van der Waals surface area contributed by atoms with Gasteiger partial charge in [-0.15, -0.1) is 0 Å². The zero-order valence-electron chi connectivity index (χ0n) is 14.0. The van der Waals surface area contributed by atoms with Crippen LogP contribution in [0.5, 0.6) is 0 Å². The Morgan fingerprint density at radius 3 is 2.64 bits per heavy atom. The fourth-order valence-corrected chi connectivity index (χ4v) is 3.05. The highest BCUT2D eigenvalue weighted by molar-refractivity contribution is 6.34. The number of rotatable bonds is 3. The summed E-state index contributed by atoms with van der Waals surface area (Å²) < 4.78 is 6.08. The average molecular weight is 399 g/mol. The lowest BCUT2D eigenvalue weighted by atomic mass is 10.1. The molecule has 0 aliphatic carbocycles. The first-order valence-corrected chi connectivity index (χ1v) is 8.30. The number of anilines is 2. The van der Waals surface area contributed by atoms with Crippen LogP contribution in [-0.4, -0.2) is 22.3 Å². The highest BCUT2D eigenvalue weighted by Crippen LogP contribution is 2.28. The molecular weight excluding hydrogens is 388 g/mol. The van der Waals surface area contributed by atoms with E-state index in [2.05, 4.69) is 10.6 Å². The average Bonchev–Trinajstić information content (AvgIpc) is 3.26. The van der Waals surface area contributed by atoms with Gasteiger partial charge in [0.05, 0.1) is 33.8 Å². The number of benzene rings is 1. The molecule has 0 atom stereocenters. The van der Waals surface area contributed by atoms with E-state index in [-0.39, 0.29) is 39.1 Å². The number of nitrogens with zero attached hydrogens (tertiary/aromatic N) is 1. The number of amides is 3. The number of imide groups is 1. The number of aromatic nitrogens is 1. The number of halogens is 1. The normalized spacial score (nSPS) is 12.6. The van der Waals surface area contributed by atoms with Crippen LogP contribution in [0.4, 0.5) is 11.5 Å². The zero-order valence-corrected chi connectivity index (χ0v) is 14.7. The highest BCUT2D eigenvalue weighted by Gasteiger charge is 2.31. The molecule has 1 aliphatic heterocycles. The van der Waals surface area contributed by atoms with Crippen LogP contribution in [0.2, 0.25) is 5.02 Å². The van der Waals surface area contributed by atoms with Crippen molar-refractivity contribution >= 4 is 40.8 Å². The summed E-state index contributed by atoms with van der Waals surface area (Å²) in [7, 11) is 0. The van der Waals surface area contributed by atoms with Crippen molar-refractivity contribution < 1.29 is 18.8 Å². The van der Waals surface area contributed by atoms with E-state index in [9.17, 15) is 19.2 Å². The van der Waals surface area contributed by atoms with Gasteiger partial charge in [-0.25, -0.2) is 0 Å². The second kappa shape index (κ2) is 6.39. The summed E-state index contributed by atoms with van der Waals surface area (Å²) in [6.45, 7) is 0. The smallest absolute Gasteiger partial charge is 0.291 e. The molecule has 3 amide bonds. The summed E-state index contributed by atoms with van der Waals surface area (Å²) in [5.41, 5.74) is 5.67. The molecule has 3 heterocycles. The van der Waals surface area contributed by atoms with E-state index in [4.69, 9.17) is 21.8 Å². The number of hydrogen-bond acceptors (Lipinski definition) is 6. The summed E-state index contributed by atoms with van der Waals surface area (Å²) >= 11 is 6.13. The molecule has 9 nitrogen and oxygen atoms in total. The van der Waals surface area contributed by atoms with E-state index >= 15 is 0 Å². The standard InChI is InChI=1S/C18H11ClN4O5/c19-10-4-3-8(6-11(10)21-17(26)12-2-1-5-28-12)23-13(24)7-9-14(15(23)20)18(27)22-16(9)25/h1-7H,20H2,(H,21,26)(H,22,25,27). The third kappa shape index (κ3) is 2.74. The Kier molecular flexibility index (Phi) is 4.01. The molecule has 140 valence electrons. The molecule has 28 heavy (non-hydrogen) atoms. The van der Waals surface area contributed by atoms with Crippen LogP contribution in [0.15, 0.2) is 51.9 Å². The first-order valence-electron chi connectivity index (χ1n) is 7.93. The lowest BCUT2D eigenvalue weighted by Gasteiger charge is -2.14. The van der Waals surface area contributed by atoms with Gasteiger partial charge in [0.15, 0.2) is 5.76 Å². The third-order valence-corrected chi connectivity index (χ3v) is 4.48. The van der Waals surface area contributed by atoms with Crippen molar-refractivity contribution in [1.82, 2.24) is 9.88 Å². The van der Waals surface area contributed by atoms with Crippen molar-refractivity contribution in [1.29, 1.82) is 0 Å². The number of hydrogen-bond donors (Lipinski definition) is 3. The van der Waals surface area contributed by atoms with E-state index < -0.39 is 23.3 Å². The zero-order chi connectivity index (χ0) is 20.0. The number of nitrogens with two attached hydrogens (primary N) is 1. The molecule has 0 radical (unpaired) electrons. The second-order valence-corrected chi connectivity index (χ2v) is 6.28. The summed E-state index contributed by atoms with van der Waals surface area (Å²) in [5, 5.41) is 4.88. The molecule has 0 unspecified atom stereocenters. The number of carbonyl (C=O) groups excluding carboxylic acids is 3. The summed E-state index contributed by atoms with van der Waals surface area (Å²) in [5.74, 6) is -2.03. The van der Waals surface area contributed by atoms with Gasteiger partial charge < -0.3 is 15.5 Å². The molecule has 4 rings (SSSR count). The summed E-state index contributed by atoms with van der Waals surface area (Å²) in [6, 6.07) is 8.43. The number of nitrogens with one attached hydrogen (secondary N) is 2. The predicted molar refractivity (Wildman–Crippen MR) is 99.9 cm³/mol. The molecule has 0 bridgehead atoms. The van der Waals surface area contributed by atoms with Crippen LogP contribution in [0, 0.1) is 0 Å². The maximum absolute atomic E-state index is 12.5. The van der Waals surface area contributed by atoms with Crippen LogP contribution >= 0.6 is 11.6 Å². The predicted octanol–water partition coefficient (Wildman–Crippen LogP) is 1.80. The van der Waals surface area contributed by atoms with Crippen molar-refractivity contribution in [2.75, 3.05) is 11.1 Å². The molecule has 1 aromatic carbocycles. The van der Waals surface area contributed by atoms with Crippen LogP contribution in [-0.2, 0) is 0 Å². The van der Waals surface area contributed by atoms with Crippen LogP contribution in [0.3, 0.4) is 0 Å². The van der Waals surface area contributed by atoms with Crippen molar-refractivity contribution in [2.45, 2.75) is 0 Å². The van der Waals surface area contributed by atoms with E-state index in [1.54, 1.807) is 6.07 Å². The van der Waals surface area contributed by atoms with Crippen LogP contribution < -0.4 is 21.9 Å². The number of furan rings is 1. The van der Waals surface area contributed by atoms with Crippen LogP contribution in [0.25, 0.3) is 5.69 Å². The lowest BCUT2D eigenvalue weighted by Crippen LogP contribution is -2.24. The Morgan fingerprint density at radius 2 is 1.93 bits per heavy atom. The van der Waals surface area contributed by atoms with Gasteiger partial charge in [0.2, 0.25) is 0 Å². The van der Waals surface area contributed by atoms with Gasteiger partial charge in [0.25, 0.3) is 23.3 Å². The first kappa shape index (κ1) is 17.6.